The Hall–Kier alpha value is -1.44. The predicted octanol–water partition coefficient (Wildman–Crippen LogP) is -1.47. The molecule has 0 bridgehead atoms. The molecule has 0 aliphatic carbocycles. The van der Waals surface area contributed by atoms with Gasteiger partial charge in [-0.1, -0.05) is 6.92 Å². The molecular formula is C10H15N3O4. The fraction of sp³-hybridized carbons (Fsp3) is 0.600. The highest BCUT2D eigenvalue weighted by molar-refractivity contribution is 4.94. The quantitative estimate of drug-likeness (QED) is 0.585. The second-order valence-electron chi connectivity index (χ2n) is 4.06. The summed E-state index contributed by atoms with van der Waals surface area (Å²) in [6.07, 6.45) is -0.0446. The molecule has 2 heterocycles. The Labute approximate surface area is 96.8 Å². The molecule has 94 valence electrons. The summed E-state index contributed by atoms with van der Waals surface area (Å²) in [7, 11) is 0. The van der Waals surface area contributed by atoms with Crippen molar-refractivity contribution >= 4 is 0 Å². The van der Waals surface area contributed by atoms with E-state index in [-0.39, 0.29) is 0 Å². The molecule has 0 aromatic carbocycles. The van der Waals surface area contributed by atoms with Crippen LogP contribution in [0, 0.1) is 0 Å². The number of hydrogen-bond acceptors (Lipinski definition) is 5. The summed E-state index contributed by atoms with van der Waals surface area (Å²) in [5.74, 6) is 0. The highest BCUT2D eigenvalue weighted by Crippen LogP contribution is 2.28. The normalized spacial score (nSPS) is 32.9. The summed E-state index contributed by atoms with van der Waals surface area (Å²) in [5, 5.41) is 9.80. The number of aliphatic hydroxyl groups is 1. The minimum Gasteiger partial charge on any atom is -0.389 e. The zero-order chi connectivity index (χ0) is 12.6. The Balaban J connectivity index is 2.35. The predicted molar refractivity (Wildman–Crippen MR) is 59.5 cm³/mol. The fourth-order valence-corrected chi connectivity index (χ4v) is 1.98. The Morgan fingerprint density at radius 1 is 1.59 bits per heavy atom. The van der Waals surface area contributed by atoms with Crippen LogP contribution in [-0.4, -0.2) is 32.9 Å². The van der Waals surface area contributed by atoms with Crippen LogP contribution in [0.25, 0.3) is 0 Å². The number of aromatic amines is 1. The first-order valence-electron chi connectivity index (χ1n) is 5.45. The summed E-state index contributed by atoms with van der Waals surface area (Å²) in [6.45, 7) is 1.86. The monoisotopic (exact) mass is 241 g/mol. The first-order valence-corrected chi connectivity index (χ1v) is 5.45. The topological polar surface area (TPSA) is 110 Å². The van der Waals surface area contributed by atoms with Crippen molar-refractivity contribution < 1.29 is 9.84 Å². The van der Waals surface area contributed by atoms with Crippen LogP contribution in [0.15, 0.2) is 21.9 Å². The van der Waals surface area contributed by atoms with E-state index in [1.54, 1.807) is 0 Å². The van der Waals surface area contributed by atoms with Gasteiger partial charge in [-0.2, -0.15) is 0 Å². The number of aliphatic hydroxyl groups excluding tert-OH is 1. The summed E-state index contributed by atoms with van der Waals surface area (Å²) in [4.78, 5) is 24.6. The van der Waals surface area contributed by atoms with Gasteiger partial charge in [-0.05, 0) is 6.42 Å². The standard InChI is InChI=1S/C10H15N3O4/c1-2-5-8(15)7(11)9(17-5)13-4-3-6(14)12-10(13)16/h3-5,7-9,15H,2,11H2,1H3,(H,12,14,16)/t5-,7?,8+,9-/m1/s1. The second kappa shape index (κ2) is 4.44. The van der Waals surface area contributed by atoms with Crippen LogP contribution < -0.4 is 17.0 Å². The first kappa shape index (κ1) is 12.0. The third-order valence-electron chi connectivity index (χ3n) is 2.95. The van der Waals surface area contributed by atoms with Gasteiger partial charge in [0.05, 0.1) is 18.2 Å². The van der Waals surface area contributed by atoms with Gasteiger partial charge in [0.15, 0.2) is 6.23 Å². The molecule has 2 rings (SSSR count). The zero-order valence-corrected chi connectivity index (χ0v) is 9.37. The first-order chi connectivity index (χ1) is 8.04. The summed E-state index contributed by atoms with van der Waals surface area (Å²) in [6, 6.07) is 0.520. The SMILES string of the molecule is CC[C@H]1O[C@@H](n2ccc(=O)[nH]c2=O)C(N)[C@H]1O. The van der Waals surface area contributed by atoms with Crippen LogP contribution in [0.2, 0.25) is 0 Å². The fourth-order valence-electron chi connectivity index (χ4n) is 1.98. The number of aromatic nitrogens is 2. The zero-order valence-electron chi connectivity index (χ0n) is 9.37. The van der Waals surface area contributed by atoms with Crippen LogP contribution in [0.5, 0.6) is 0 Å². The lowest BCUT2D eigenvalue weighted by molar-refractivity contribution is -0.0228. The number of nitrogens with one attached hydrogen (secondary N) is 1. The Morgan fingerprint density at radius 2 is 2.29 bits per heavy atom. The molecule has 17 heavy (non-hydrogen) atoms. The molecule has 7 nitrogen and oxygen atoms in total. The van der Waals surface area contributed by atoms with Gasteiger partial charge in [0.2, 0.25) is 0 Å². The van der Waals surface area contributed by atoms with Gasteiger partial charge in [0.25, 0.3) is 5.56 Å². The molecule has 1 aliphatic rings. The summed E-state index contributed by atoms with van der Waals surface area (Å²) < 4.78 is 6.69. The van der Waals surface area contributed by atoms with Crippen molar-refractivity contribution in [3.05, 3.63) is 33.1 Å². The van der Waals surface area contributed by atoms with E-state index < -0.39 is 35.7 Å². The van der Waals surface area contributed by atoms with E-state index in [1.807, 2.05) is 6.92 Å². The van der Waals surface area contributed by atoms with Crippen molar-refractivity contribution in [2.45, 2.75) is 37.8 Å². The van der Waals surface area contributed by atoms with Gasteiger partial charge in [0.1, 0.15) is 0 Å². The molecule has 4 N–H and O–H groups in total. The molecule has 1 unspecified atom stereocenters. The lowest BCUT2D eigenvalue weighted by Gasteiger charge is -2.17. The highest BCUT2D eigenvalue weighted by Gasteiger charge is 2.41. The number of rotatable bonds is 2. The van der Waals surface area contributed by atoms with Crippen molar-refractivity contribution in [2.24, 2.45) is 5.73 Å². The van der Waals surface area contributed by atoms with Crippen molar-refractivity contribution in [3.8, 4) is 0 Å². The van der Waals surface area contributed by atoms with Crippen LogP contribution >= 0.6 is 0 Å². The largest absolute Gasteiger partial charge is 0.389 e. The molecule has 0 spiro atoms. The van der Waals surface area contributed by atoms with Gasteiger partial charge >= 0.3 is 5.69 Å². The maximum absolute atomic E-state index is 11.6. The Kier molecular flexibility index (Phi) is 3.14. The van der Waals surface area contributed by atoms with E-state index in [9.17, 15) is 14.7 Å². The van der Waals surface area contributed by atoms with Crippen molar-refractivity contribution in [1.29, 1.82) is 0 Å². The summed E-state index contributed by atoms with van der Waals surface area (Å²) in [5.41, 5.74) is 4.72. The lowest BCUT2D eigenvalue weighted by atomic mass is 10.1. The van der Waals surface area contributed by atoms with E-state index >= 15 is 0 Å². The molecule has 1 saturated heterocycles. The van der Waals surface area contributed by atoms with Gasteiger partial charge in [0, 0.05) is 12.3 Å². The molecule has 0 radical (unpaired) electrons. The van der Waals surface area contributed by atoms with E-state index in [2.05, 4.69) is 4.98 Å². The molecule has 0 saturated carbocycles. The molecule has 1 aromatic rings. The molecule has 4 atom stereocenters. The lowest BCUT2D eigenvalue weighted by Crippen LogP contribution is -2.42. The molecule has 7 heteroatoms. The molecular weight excluding hydrogens is 226 g/mol. The van der Waals surface area contributed by atoms with Crippen LogP contribution in [0.4, 0.5) is 0 Å². The number of nitrogens with zero attached hydrogens (tertiary/aromatic N) is 1. The van der Waals surface area contributed by atoms with Crippen molar-refractivity contribution in [3.63, 3.8) is 0 Å². The average molecular weight is 241 g/mol. The van der Waals surface area contributed by atoms with Crippen LogP contribution in [-0.2, 0) is 4.74 Å². The Morgan fingerprint density at radius 3 is 2.82 bits per heavy atom. The smallest absolute Gasteiger partial charge is 0.330 e. The van der Waals surface area contributed by atoms with E-state index in [0.717, 1.165) is 0 Å². The molecule has 0 amide bonds. The van der Waals surface area contributed by atoms with Gasteiger partial charge in [-0.3, -0.25) is 14.3 Å². The average Bonchev–Trinajstić information content (AvgIpc) is 2.57. The van der Waals surface area contributed by atoms with Crippen molar-refractivity contribution in [2.75, 3.05) is 0 Å². The van der Waals surface area contributed by atoms with Gasteiger partial charge < -0.3 is 15.6 Å². The van der Waals surface area contributed by atoms with E-state index in [4.69, 9.17) is 10.5 Å². The number of H-pyrrole nitrogens is 1. The Bertz CT molecular complexity index is 509. The maximum atomic E-state index is 11.6. The van der Waals surface area contributed by atoms with Gasteiger partial charge in [-0.25, -0.2) is 4.79 Å². The highest BCUT2D eigenvalue weighted by atomic mass is 16.5. The third-order valence-corrected chi connectivity index (χ3v) is 2.95. The molecule has 1 aliphatic heterocycles. The second-order valence-corrected chi connectivity index (χ2v) is 4.06. The van der Waals surface area contributed by atoms with E-state index in [1.165, 1.54) is 16.8 Å². The molecule has 1 fully saturated rings. The number of hydrogen-bond donors (Lipinski definition) is 3. The summed E-state index contributed by atoms with van der Waals surface area (Å²) >= 11 is 0. The minimum absolute atomic E-state index is 0.395. The third kappa shape index (κ3) is 2.04. The van der Waals surface area contributed by atoms with E-state index in [0.29, 0.717) is 6.42 Å². The van der Waals surface area contributed by atoms with Gasteiger partial charge in [-0.15, -0.1) is 0 Å². The molecule has 1 aromatic heterocycles. The van der Waals surface area contributed by atoms with Crippen LogP contribution in [0.3, 0.4) is 0 Å². The maximum Gasteiger partial charge on any atom is 0.330 e. The minimum atomic E-state index is -0.816. The van der Waals surface area contributed by atoms with Crippen molar-refractivity contribution in [1.82, 2.24) is 9.55 Å². The number of ether oxygens (including phenoxy) is 1. The van der Waals surface area contributed by atoms with Crippen LogP contribution in [0.1, 0.15) is 19.6 Å². The number of nitrogens with two attached hydrogens (primary N) is 1.